The van der Waals surface area contributed by atoms with Gasteiger partial charge in [0.1, 0.15) is 15.8 Å². The predicted molar refractivity (Wildman–Crippen MR) is 150 cm³/mol. The van der Waals surface area contributed by atoms with Crippen LogP contribution >= 0.6 is 24.0 Å². The normalized spacial score (nSPS) is 14.7. The summed E-state index contributed by atoms with van der Waals surface area (Å²) in [6.45, 7) is 1.05. The van der Waals surface area contributed by atoms with Gasteiger partial charge < -0.3 is 4.90 Å². The third-order valence-electron chi connectivity index (χ3n) is 5.99. The Morgan fingerprint density at radius 2 is 1.61 bits per heavy atom. The maximum Gasteiger partial charge on any atom is 0.267 e. The Morgan fingerprint density at radius 3 is 2.33 bits per heavy atom. The number of aromatic nitrogens is 2. The Labute approximate surface area is 218 Å². The second-order valence-electron chi connectivity index (χ2n) is 8.49. The van der Waals surface area contributed by atoms with Crippen LogP contribution in [0.5, 0.6) is 0 Å². The molecule has 5 rings (SSSR count). The highest BCUT2D eigenvalue weighted by Crippen LogP contribution is 2.33. The van der Waals surface area contributed by atoms with Crippen molar-refractivity contribution in [1.29, 1.82) is 0 Å². The quantitative estimate of drug-likeness (QED) is 0.263. The van der Waals surface area contributed by atoms with Crippen LogP contribution in [0.1, 0.15) is 16.7 Å². The van der Waals surface area contributed by atoms with Gasteiger partial charge in [-0.25, -0.2) is 4.98 Å². The number of hydrogen-bond donors (Lipinski definition) is 0. The third kappa shape index (κ3) is 4.96. The van der Waals surface area contributed by atoms with E-state index in [1.807, 2.05) is 78.7 Å². The molecule has 6 nitrogen and oxygen atoms in total. The van der Waals surface area contributed by atoms with Gasteiger partial charge in [0.25, 0.3) is 11.5 Å². The lowest BCUT2D eigenvalue weighted by molar-refractivity contribution is -0.122. The maximum absolute atomic E-state index is 13.6. The van der Waals surface area contributed by atoms with Gasteiger partial charge in [0.15, 0.2) is 0 Å². The van der Waals surface area contributed by atoms with Crippen LogP contribution in [0, 0.1) is 0 Å². The summed E-state index contributed by atoms with van der Waals surface area (Å²) in [5.74, 6) is 0.333. The van der Waals surface area contributed by atoms with Crippen LogP contribution in [0.15, 0.2) is 94.8 Å². The zero-order chi connectivity index (χ0) is 25.1. The number of nitrogens with zero attached hydrogens (tertiary/aromatic N) is 4. The summed E-state index contributed by atoms with van der Waals surface area (Å²) in [6, 6.07) is 25.4. The van der Waals surface area contributed by atoms with E-state index in [2.05, 4.69) is 0 Å². The minimum Gasteiger partial charge on any atom is -0.355 e. The van der Waals surface area contributed by atoms with Gasteiger partial charge in [-0.3, -0.25) is 18.9 Å². The highest BCUT2D eigenvalue weighted by molar-refractivity contribution is 8.26. The Kier molecular flexibility index (Phi) is 6.97. The van der Waals surface area contributed by atoms with Crippen molar-refractivity contribution in [1.82, 2.24) is 14.3 Å². The van der Waals surface area contributed by atoms with E-state index in [1.165, 1.54) is 16.2 Å². The minimum atomic E-state index is -0.231. The molecule has 8 heteroatoms. The second kappa shape index (κ2) is 10.5. The molecule has 0 atom stereocenters. The number of thioether (sulfide) groups is 1. The largest absolute Gasteiger partial charge is 0.355 e. The fraction of sp³-hybridized carbons (Fsp3) is 0.143. The first kappa shape index (κ1) is 24.0. The molecule has 0 unspecified atom stereocenters. The molecule has 0 aliphatic carbocycles. The van der Waals surface area contributed by atoms with E-state index in [4.69, 9.17) is 17.2 Å². The van der Waals surface area contributed by atoms with Crippen molar-refractivity contribution in [3.8, 4) is 0 Å². The van der Waals surface area contributed by atoms with Crippen LogP contribution in [0.2, 0.25) is 0 Å². The van der Waals surface area contributed by atoms with Crippen LogP contribution < -0.4 is 10.5 Å². The van der Waals surface area contributed by atoms with Crippen molar-refractivity contribution in [2.75, 3.05) is 18.5 Å². The minimum absolute atomic E-state index is 0.185. The van der Waals surface area contributed by atoms with E-state index < -0.39 is 0 Å². The molecule has 180 valence electrons. The number of pyridine rings is 1. The molecule has 1 fully saturated rings. The van der Waals surface area contributed by atoms with Crippen molar-refractivity contribution in [2.45, 2.75) is 13.0 Å². The molecule has 0 spiro atoms. The van der Waals surface area contributed by atoms with Gasteiger partial charge in [0.05, 0.1) is 10.5 Å². The average Bonchev–Trinajstić information content (AvgIpc) is 3.17. The van der Waals surface area contributed by atoms with Crippen molar-refractivity contribution in [3.05, 3.63) is 117 Å². The van der Waals surface area contributed by atoms with Crippen molar-refractivity contribution < 1.29 is 4.79 Å². The van der Waals surface area contributed by atoms with E-state index in [9.17, 15) is 9.59 Å². The number of benzene rings is 2. The smallest absolute Gasteiger partial charge is 0.267 e. The molecule has 1 amide bonds. The van der Waals surface area contributed by atoms with Gasteiger partial charge in [-0.15, -0.1) is 0 Å². The van der Waals surface area contributed by atoms with Gasteiger partial charge in [0, 0.05) is 26.3 Å². The number of rotatable bonds is 7. The van der Waals surface area contributed by atoms with Crippen LogP contribution in [-0.2, 0) is 17.8 Å². The molecule has 4 aromatic rings. The molecule has 3 heterocycles. The number of carbonyl (C=O) groups is 1. The van der Waals surface area contributed by atoms with Gasteiger partial charge in [-0.2, -0.15) is 0 Å². The molecular formula is C28H24N4O2S2. The highest BCUT2D eigenvalue weighted by atomic mass is 32.2. The standard InChI is InChI=1S/C28H24N4O2S2/c1-30(19-21-12-6-3-7-13-21)25-22(26(33)31-16-9-8-14-24(31)29-25)18-23-27(34)32(28(35)36-23)17-15-20-10-4-2-5-11-20/h2-14,16,18H,15,17,19H2,1H3/b23-18-. The Morgan fingerprint density at radius 1 is 0.944 bits per heavy atom. The molecule has 2 aromatic carbocycles. The molecule has 0 N–H and O–H groups in total. The molecular weight excluding hydrogens is 488 g/mol. The van der Waals surface area contributed by atoms with Crippen molar-refractivity contribution in [3.63, 3.8) is 0 Å². The molecule has 0 bridgehead atoms. The van der Waals surface area contributed by atoms with E-state index in [1.54, 1.807) is 29.3 Å². The summed E-state index contributed by atoms with van der Waals surface area (Å²) >= 11 is 6.75. The molecule has 1 saturated heterocycles. The summed E-state index contributed by atoms with van der Waals surface area (Å²) in [5.41, 5.74) is 2.90. The Balaban J connectivity index is 1.50. The summed E-state index contributed by atoms with van der Waals surface area (Å²) < 4.78 is 2.00. The molecule has 0 saturated carbocycles. The topological polar surface area (TPSA) is 57.9 Å². The lowest BCUT2D eigenvalue weighted by Crippen LogP contribution is -2.30. The maximum atomic E-state index is 13.6. The van der Waals surface area contributed by atoms with E-state index >= 15 is 0 Å². The molecule has 36 heavy (non-hydrogen) atoms. The van der Waals surface area contributed by atoms with Crippen LogP contribution in [0.3, 0.4) is 0 Å². The van der Waals surface area contributed by atoms with Crippen LogP contribution in [0.4, 0.5) is 5.82 Å². The number of amides is 1. The van der Waals surface area contributed by atoms with Crippen LogP contribution in [0.25, 0.3) is 11.7 Å². The Hall–Kier alpha value is -3.75. The van der Waals surface area contributed by atoms with E-state index in [0.29, 0.717) is 45.8 Å². The predicted octanol–water partition coefficient (Wildman–Crippen LogP) is 4.77. The Bertz CT molecular complexity index is 1520. The zero-order valence-electron chi connectivity index (χ0n) is 19.7. The highest BCUT2D eigenvalue weighted by Gasteiger charge is 2.32. The number of fused-ring (bicyclic) bond motifs is 1. The fourth-order valence-corrected chi connectivity index (χ4v) is 5.44. The number of carbonyl (C=O) groups excluding carboxylic acids is 1. The summed E-state index contributed by atoms with van der Waals surface area (Å²) in [5, 5.41) is 0. The number of hydrogen-bond acceptors (Lipinski definition) is 6. The first-order chi connectivity index (χ1) is 17.5. The summed E-state index contributed by atoms with van der Waals surface area (Å²) in [4.78, 5) is 35.6. The number of anilines is 1. The van der Waals surface area contributed by atoms with Gasteiger partial charge in [0.2, 0.25) is 0 Å². The van der Waals surface area contributed by atoms with E-state index in [0.717, 1.165) is 11.1 Å². The summed E-state index contributed by atoms with van der Waals surface area (Å²) in [7, 11) is 1.90. The molecule has 0 radical (unpaired) electrons. The van der Waals surface area contributed by atoms with Gasteiger partial charge in [-0.05, 0) is 35.8 Å². The lowest BCUT2D eigenvalue weighted by Gasteiger charge is -2.21. The summed E-state index contributed by atoms with van der Waals surface area (Å²) in [6.07, 6.45) is 4.04. The molecule has 1 aliphatic rings. The zero-order valence-corrected chi connectivity index (χ0v) is 21.3. The first-order valence-electron chi connectivity index (χ1n) is 11.6. The fourth-order valence-electron chi connectivity index (χ4n) is 4.15. The molecule has 1 aliphatic heterocycles. The van der Waals surface area contributed by atoms with E-state index in [-0.39, 0.29) is 11.5 Å². The monoisotopic (exact) mass is 512 g/mol. The first-order valence-corrected chi connectivity index (χ1v) is 12.8. The third-order valence-corrected chi connectivity index (χ3v) is 7.37. The van der Waals surface area contributed by atoms with Gasteiger partial charge in [-0.1, -0.05) is 90.7 Å². The van der Waals surface area contributed by atoms with Crippen LogP contribution in [-0.4, -0.2) is 38.1 Å². The number of thiocarbonyl (C=S) groups is 1. The van der Waals surface area contributed by atoms with Crippen molar-refractivity contribution >= 4 is 51.7 Å². The average molecular weight is 513 g/mol. The SMILES string of the molecule is CN(Cc1ccccc1)c1nc2ccccn2c(=O)c1/C=C1\SC(=S)N(CCc2ccccc2)C1=O. The van der Waals surface area contributed by atoms with Gasteiger partial charge >= 0.3 is 0 Å². The lowest BCUT2D eigenvalue weighted by atomic mass is 10.1. The molecule has 2 aromatic heterocycles. The van der Waals surface area contributed by atoms with Crippen molar-refractivity contribution in [2.24, 2.45) is 0 Å². The second-order valence-corrected chi connectivity index (χ2v) is 10.2.